The molecule has 2 fully saturated rings. The second-order valence-electron chi connectivity index (χ2n) is 5.19. The Bertz CT molecular complexity index is 645. The summed E-state index contributed by atoms with van der Waals surface area (Å²) in [6.07, 6.45) is 3.55. The highest BCUT2D eigenvalue weighted by Crippen LogP contribution is 2.39. The van der Waals surface area contributed by atoms with Gasteiger partial charge in [0.25, 0.3) is 0 Å². The van der Waals surface area contributed by atoms with Crippen LogP contribution in [-0.2, 0) is 9.47 Å². The summed E-state index contributed by atoms with van der Waals surface area (Å²) in [5.74, 6) is 0.399. The molecule has 20 heavy (non-hydrogen) atoms. The smallest absolute Gasteiger partial charge is 0.167 e. The van der Waals surface area contributed by atoms with Gasteiger partial charge < -0.3 is 20.3 Å². The predicted octanol–water partition coefficient (Wildman–Crippen LogP) is -0.297. The third-order valence-corrected chi connectivity index (χ3v) is 4.04. The van der Waals surface area contributed by atoms with Crippen LogP contribution in [0, 0.1) is 5.92 Å². The molecule has 3 N–H and O–H groups in total. The summed E-state index contributed by atoms with van der Waals surface area (Å²) in [7, 11) is 0. The first kappa shape index (κ1) is 12.0. The molecule has 4 rings (SSSR count). The van der Waals surface area contributed by atoms with Crippen molar-refractivity contribution in [2.45, 2.75) is 24.9 Å². The summed E-state index contributed by atoms with van der Waals surface area (Å²) >= 11 is 0. The van der Waals surface area contributed by atoms with Gasteiger partial charge in [-0.1, -0.05) is 0 Å². The molecule has 0 aliphatic carbocycles. The van der Waals surface area contributed by atoms with Crippen molar-refractivity contribution in [3.05, 3.63) is 12.7 Å². The van der Waals surface area contributed by atoms with Crippen molar-refractivity contribution >= 4 is 17.0 Å². The van der Waals surface area contributed by atoms with E-state index in [2.05, 4.69) is 15.0 Å². The molecule has 4 heterocycles. The molecule has 8 nitrogen and oxygen atoms in total. The van der Waals surface area contributed by atoms with Crippen molar-refractivity contribution in [1.82, 2.24) is 19.5 Å². The van der Waals surface area contributed by atoms with Crippen LogP contribution < -0.4 is 5.73 Å². The van der Waals surface area contributed by atoms with E-state index in [1.165, 1.54) is 6.33 Å². The number of nitrogens with zero attached hydrogens (tertiary/aromatic N) is 4. The lowest BCUT2D eigenvalue weighted by Crippen LogP contribution is -2.25. The summed E-state index contributed by atoms with van der Waals surface area (Å²) in [4.78, 5) is 12.4. The standard InChI is InChI=1S/C12H15N5O3/c13-11-9-12(15-4-14-11)17(5-16-9)8-1-7-10(20-8)6(2-18)3-19-7/h4-8,10,18H,1-3H2,(H2,13,14,15)/t6-,7-,8-,10-/m1/s1. The van der Waals surface area contributed by atoms with Gasteiger partial charge in [-0.3, -0.25) is 4.57 Å². The lowest BCUT2D eigenvalue weighted by molar-refractivity contribution is -0.0260. The van der Waals surface area contributed by atoms with Crippen LogP contribution in [-0.4, -0.2) is 50.0 Å². The first-order valence-corrected chi connectivity index (χ1v) is 6.59. The topological polar surface area (TPSA) is 108 Å². The molecule has 2 aliphatic heterocycles. The van der Waals surface area contributed by atoms with E-state index >= 15 is 0 Å². The normalized spacial score (nSPS) is 32.9. The third kappa shape index (κ3) is 1.62. The lowest BCUT2D eigenvalue weighted by Gasteiger charge is -2.17. The zero-order valence-electron chi connectivity index (χ0n) is 10.7. The second kappa shape index (κ2) is 4.37. The third-order valence-electron chi connectivity index (χ3n) is 4.04. The van der Waals surface area contributed by atoms with Crippen LogP contribution in [0.1, 0.15) is 12.6 Å². The van der Waals surface area contributed by atoms with Gasteiger partial charge in [-0.05, 0) is 0 Å². The number of aliphatic hydroxyl groups is 1. The van der Waals surface area contributed by atoms with Crippen molar-refractivity contribution in [3.63, 3.8) is 0 Å². The fourth-order valence-electron chi connectivity index (χ4n) is 2.99. The molecule has 0 amide bonds. The quantitative estimate of drug-likeness (QED) is 0.776. The molecular formula is C12H15N5O3. The zero-order chi connectivity index (χ0) is 13.7. The molecule has 4 atom stereocenters. The molecule has 2 aromatic heterocycles. The SMILES string of the molecule is Nc1ncnc2c1ncn2[C@H]1C[C@H]2OC[C@@H](CO)[C@H]2O1. The van der Waals surface area contributed by atoms with E-state index in [9.17, 15) is 5.11 Å². The van der Waals surface area contributed by atoms with Crippen molar-refractivity contribution in [1.29, 1.82) is 0 Å². The average Bonchev–Trinajstić information content (AvgIpc) is 3.10. The van der Waals surface area contributed by atoms with E-state index in [4.69, 9.17) is 15.2 Å². The van der Waals surface area contributed by atoms with Crippen LogP contribution in [0.25, 0.3) is 11.2 Å². The minimum Gasteiger partial charge on any atom is -0.396 e. The fraction of sp³-hybridized carbons (Fsp3) is 0.583. The number of anilines is 1. The molecule has 8 heteroatoms. The van der Waals surface area contributed by atoms with Gasteiger partial charge in [-0.2, -0.15) is 0 Å². The Labute approximate surface area is 114 Å². The number of nitrogens with two attached hydrogens (primary N) is 1. The van der Waals surface area contributed by atoms with Gasteiger partial charge in [-0.25, -0.2) is 15.0 Å². The Morgan fingerprint density at radius 3 is 3.15 bits per heavy atom. The highest BCUT2D eigenvalue weighted by molar-refractivity contribution is 5.81. The fourth-order valence-corrected chi connectivity index (χ4v) is 2.99. The minimum absolute atomic E-state index is 0.0220. The zero-order valence-corrected chi connectivity index (χ0v) is 10.7. The molecule has 0 bridgehead atoms. The van der Waals surface area contributed by atoms with Crippen LogP contribution in [0.2, 0.25) is 0 Å². The van der Waals surface area contributed by atoms with Crippen LogP contribution in [0.4, 0.5) is 5.82 Å². The molecular weight excluding hydrogens is 262 g/mol. The Morgan fingerprint density at radius 1 is 1.40 bits per heavy atom. The highest BCUT2D eigenvalue weighted by atomic mass is 16.6. The Morgan fingerprint density at radius 2 is 2.30 bits per heavy atom. The summed E-state index contributed by atoms with van der Waals surface area (Å²) in [5.41, 5.74) is 7.01. The molecule has 0 radical (unpaired) electrons. The molecule has 0 saturated carbocycles. The van der Waals surface area contributed by atoms with Crippen molar-refractivity contribution < 1.29 is 14.6 Å². The number of imidazole rings is 1. The first-order chi connectivity index (χ1) is 9.78. The maximum absolute atomic E-state index is 9.32. The number of aromatic nitrogens is 4. The summed E-state index contributed by atoms with van der Waals surface area (Å²) < 4.78 is 13.5. The molecule has 2 saturated heterocycles. The van der Waals surface area contributed by atoms with Crippen LogP contribution >= 0.6 is 0 Å². The van der Waals surface area contributed by atoms with Crippen LogP contribution in [0.15, 0.2) is 12.7 Å². The van der Waals surface area contributed by atoms with Gasteiger partial charge in [0.1, 0.15) is 18.1 Å². The number of fused-ring (bicyclic) bond motifs is 2. The van der Waals surface area contributed by atoms with Crippen molar-refractivity contribution in [2.75, 3.05) is 18.9 Å². The van der Waals surface area contributed by atoms with E-state index in [0.29, 0.717) is 23.6 Å². The lowest BCUT2D eigenvalue weighted by atomic mass is 10.0. The van der Waals surface area contributed by atoms with Gasteiger partial charge in [0, 0.05) is 12.3 Å². The molecule has 106 valence electrons. The molecule has 0 spiro atoms. The largest absolute Gasteiger partial charge is 0.396 e. The molecule has 0 unspecified atom stereocenters. The maximum atomic E-state index is 9.32. The number of ether oxygens (including phenoxy) is 2. The number of nitrogen functional groups attached to an aromatic ring is 1. The van der Waals surface area contributed by atoms with E-state index in [0.717, 1.165) is 6.42 Å². The van der Waals surface area contributed by atoms with Gasteiger partial charge >= 0.3 is 0 Å². The summed E-state index contributed by atoms with van der Waals surface area (Å²) in [6.45, 7) is 0.631. The van der Waals surface area contributed by atoms with E-state index in [1.807, 2.05) is 4.57 Å². The number of rotatable bonds is 2. The highest BCUT2D eigenvalue weighted by Gasteiger charge is 2.46. The summed E-state index contributed by atoms with van der Waals surface area (Å²) in [5, 5.41) is 9.32. The number of hydrogen-bond acceptors (Lipinski definition) is 7. The van der Waals surface area contributed by atoms with Crippen molar-refractivity contribution in [3.8, 4) is 0 Å². The van der Waals surface area contributed by atoms with Gasteiger partial charge in [-0.15, -0.1) is 0 Å². The molecule has 2 aliphatic rings. The maximum Gasteiger partial charge on any atom is 0.167 e. The van der Waals surface area contributed by atoms with Crippen LogP contribution in [0.5, 0.6) is 0 Å². The second-order valence-corrected chi connectivity index (χ2v) is 5.19. The number of hydrogen-bond donors (Lipinski definition) is 2. The monoisotopic (exact) mass is 277 g/mol. The predicted molar refractivity (Wildman–Crippen MR) is 68.6 cm³/mol. The number of aliphatic hydroxyl groups excluding tert-OH is 1. The van der Waals surface area contributed by atoms with Gasteiger partial charge in [0.2, 0.25) is 0 Å². The van der Waals surface area contributed by atoms with Crippen molar-refractivity contribution in [2.24, 2.45) is 5.92 Å². The Kier molecular flexibility index (Phi) is 2.62. The molecule has 2 aromatic rings. The summed E-state index contributed by atoms with van der Waals surface area (Å²) in [6, 6.07) is 0. The minimum atomic E-state index is -0.196. The van der Waals surface area contributed by atoms with Gasteiger partial charge in [0.05, 0.1) is 31.7 Å². The Balaban J connectivity index is 1.67. The molecule has 0 aromatic carbocycles. The van der Waals surface area contributed by atoms with E-state index < -0.39 is 0 Å². The van der Waals surface area contributed by atoms with Crippen LogP contribution in [0.3, 0.4) is 0 Å². The Hall–Kier alpha value is -1.77. The first-order valence-electron chi connectivity index (χ1n) is 6.59. The van der Waals surface area contributed by atoms with Gasteiger partial charge in [0.15, 0.2) is 11.5 Å². The van der Waals surface area contributed by atoms with E-state index in [1.54, 1.807) is 6.33 Å². The average molecular weight is 277 g/mol. The van der Waals surface area contributed by atoms with E-state index in [-0.39, 0.29) is 31.0 Å².